The molecule has 0 radical (unpaired) electrons. The highest BCUT2D eigenvalue weighted by atomic mass is 16.5. The summed E-state index contributed by atoms with van der Waals surface area (Å²) in [5, 5.41) is 0.510. The Morgan fingerprint density at radius 1 is 1.22 bits per heavy atom. The molecule has 2 aromatic heterocycles. The second-order valence-corrected chi connectivity index (χ2v) is 6.46. The molecular weight excluding hydrogens is 346 g/mol. The lowest BCUT2D eigenvalue weighted by Gasteiger charge is -2.32. The Morgan fingerprint density at radius 3 is 2.96 bits per heavy atom. The van der Waals surface area contributed by atoms with E-state index in [1.165, 1.54) is 10.9 Å². The highest BCUT2D eigenvalue weighted by Gasteiger charge is 2.25. The van der Waals surface area contributed by atoms with Gasteiger partial charge in [-0.1, -0.05) is 12.1 Å². The van der Waals surface area contributed by atoms with E-state index >= 15 is 0 Å². The number of amides is 1. The molecule has 0 spiro atoms. The number of hydrogen-bond acceptors (Lipinski definition) is 6. The molecule has 3 aromatic rings. The zero-order valence-electron chi connectivity index (χ0n) is 14.7. The third-order valence-corrected chi connectivity index (χ3v) is 4.59. The molecule has 1 unspecified atom stereocenters. The molecule has 1 aliphatic heterocycles. The summed E-state index contributed by atoms with van der Waals surface area (Å²) in [5.41, 5.74) is 0.417. The molecule has 1 atom stereocenters. The van der Waals surface area contributed by atoms with Gasteiger partial charge < -0.3 is 9.64 Å². The summed E-state index contributed by atoms with van der Waals surface area (Å²) in [6.07, 6.45) is 7.69. The average molecular weight is 365 g/mol. The van der Waals surface area contributed by atoms with Crippen LogP contribution < -0.4 is 10.3 Å². The minimum Gasteiger partial charge on any atom is -0.471 e. The van der Waals surface area contributed by atoms with Crippen molar-refractivity contribution in [1.29, 1.82) is 0 Å². The average Bonchev–Trinajstić information content (AvgIpc) is 2.71. The first kappa shape index (κ1) is 17.1. The first-order valence-electron chi connectivity index (χ1n) is 8.85. The van der Waals surface area contributed by atoms with Gasteiger partial charge in [0.1, 0.15) is 12.6 Å². The summed E-state index contributed by atoms with van der Waals surface area (Å²) in [7, 11) is 0. The number of fused-ring (bicyclic) bond motifs is 1. The third-order valence-electron chi connectivity index (χ3n) is 4.59. The van der Waals surface area contributed by atoms with Gasteiger partial charge in [0.15, 0.2) is 0 Å². The number of benzene rings is 1. The molecule has 8 nitrogen and oxygen atoms in total. The van der Waals surface area contributed by atoms with Crippen molar-refractivity contribution in [3.63, 3.8) is 0 Å². The second-order valence-electron chi connectivity index (χ2n) is 6.46. The topological polar surface area (TPSA) is 90.2 Å². The van der Waals surface area contributed by atoms with Crippen LogP contribution in [0.2, 0.25) is 0 Å². The first-order chi connectivity index (χ1) is 13.2. The molecule has 27 heavy (non-hydrogen) atoms. The molecule has 1 aromatic carbocycles. The predicted molar refractivity (Wildman–Crippen MR) is 98.3 cm³/mol. The van der Waals surface area contributed by atoms with Crippen molar-refractivity contribution in [3.05, 3.63) is 59.5 Å². The number of piperidine rings is 1. The third kappa shape index (κ3) is 3.79. The van der Waals surface area contributed by atoms with Crippen molar-refractivity contribution in [2.45, 2.75) is 25.5 Å². The van der Waals surface area contributed by atoms with E-state index in [1.54, 1.807) is 41.7 Å². The number of carbonyl (C=O) groups is 1. The van der Waals surface area contributed by atoms with Crippen molar-refractivity contribution in [1.82, 2.24) is 24.4 Å². The van der Waals surface area contributed by atoms with Gasteiger partial charge in [-0.15, -0.1) is 0 Å². The van der Waals surface area contributed by atoms with E-state index in [2.05, 4.69) is 15.0 Å². The van der Waals surface area contributed by atoms with Crippen LogP contribution in [0.1, 0.15) is 12.8 Å². The summed E-state index contributed by atoms with van der Waals surface area (Å²) in [6, 6.07) is 7.12. The van der Waals surface area contributed by atoms with Gasteiger partial charge in [0.25, 0.3) is 5.56 Å². The van der Waals surface area contributed by atoms with Crippen molar-refractivity contribution in [2.24, 2.45) is 0 Å². The maximum absolute atomic E-state index is 12.7. The number of aromatic nitrogens is 4. The molecule has 138 valence electrons. The maximum Gasteiger partial charge on any atom is 0.261 e. The Balaban J connectivity index is 1.45. The summed E-state index contributed by atoms with van der Waals surface area (Å²) in [6.45, 7) is 1.08. The summed E-state index contributed by atoms with van der Waals surface area (Å²) < 4.78 is 7.18. The van der Waals surface area contributed by atoms with Gasteiger partial charge in [0.2, 0.25) is 11.8 Å². The van der Waals surface area contributed by atoms with Crippen LogP contribution >= 0.6 is 0 Å². The fraction of sp³-hybridized carbons (Fsp3) is 0.316. The van der Waals surface area contributed by atoms with Crippen LogP contribution in [-0.4, -0.2) is 49.5 Å². The molecule has 0 saturated carbocycles. The predicted octanol–water partition coefficient (Wildman–Crippen LogP) is 1.26. The highest BCUT2D eigenvalue weighted by molar-refractivity contribution is 5.79. The lowest BCUT2D eigenvalue weighted by atomic mass is 10.1. The SMILES string of the molecule is O=C(Cn1cnc2ccccc2c1=O)N1CCCC(Oc2cnccn2)C1. The summed E-state index contributed by atoms with van der Waals surface area (Å²) in [4.78, 5) is 39.4. The van der Waals surface area contributed by atoms with Gasteiger partial charge in [-0.3, -0.25) is 19.1 Å². The molecule has 1 amide bonds. The van der Waals surface area contributed by atoms with Crippen molar-refractivity contribution >= 4 is 16.8 Å². The number of likely N-dealkylation sites (tertiary alicyclic amines) is 1. The Bertz CT molecular complexity index is 1000. The molecule has 3 heterocycles. The van der Waals surface area contributed by atoms with Gasteiger partial charge in [-0.25, -0.2) is 9.97 Å². The van der Waals surface area contributed by atoms with Crippen LogP contribution in [-0.2, 0) is 11.3 Å². The number of hydrogen-bond donors (Lipinski definition) is 0. The van der Waals surface area contributed by atoms with E-state index in [-0.39, 0.29) is 24.1 Å². The fourth-order valence-electron chi connectivity index (χ4n) is 3.24. The van der Waals surface area contributed by atoms with Gasteiger partial charge >= 0.3 is 0 Å². The molecule has 0 aliphatic carbocycles. The minimum absolute atomic E-state index is 0.0332. The Labute approximate surface area is 155 Å². The van der Waals surface area contributed by atoms with Crippen molar-refractivity contribution < 1.29 is 9.53 Å². The second kappa shape index (κ2) is 7.53. The van der Waals surface area contributed by atoms with Crippen molar-refractivity contribution in [3.8, 4) is 5.88 Å². The van der Waals surface area contributed by atoms with E-state index in [0.717, 1.165) is 12.8 Å². The quantitative estimate of drug-likeness (QED) is 0.691. The van der Waals surface area contributed by atoms with Gasteiger partial charge in [-0.05, 0) is 25.0 Å². The zero-order valence-corrected chi connectivity index (χ0v) is 14.7. The number of carbonyl (C=O) groups excluding carboxylic acids is 1. The minimum atomic E-state index is -0.210. The normalized spacial score (nSPS) is 17.0. The van der Waals surface area contributed by atoms with E-state index in [4.69, 9.17) is 4.74 Å². The molecule has 0 bridgehead atoms. The van der Waals surface area contributed by atoms with Crippen LogP contribution in [0.4, 0.5) is 0 Å². The zero-order chi connectivity index (χ0) is 18.6. The number of nitrogens with zero attached hydrogens (tertiary/aromatic N) is 5. The maximum atomic E-state index is 12.7. The molecule has 1 fully saturated rings. The molecule has 4 rings (SSSR count). The Hall–Kier alpha value is -3.29. The Kier molecular flexibility index (Phi) is 4.78. The highest BCUT2D eigenvalue weighted by Crippen LogP contribution is 2.16. The van der Waals surface area contributed by atoms with E-state index in [9.17, 15) is 9.59 Å². The molecular formula is C19H19N5O3. The number of rotatable bonds is 4. The largest absolute Gasteiger partial charge is 0.471 e. The van der Waals surface area contributed by atoms with Gasteiger partial charge in [0, 0.05) is 18.9 Å². The van der Waals surface area contributed by atoms with Gasteiger partial charge in [0.05, 0.1) is 30.0 Å². The lowest BCUT2D eigenvalue weighted by Crippen LogP contribution is -2.46. The number of para-hydroxylation sites is 1. The van der Waals surface area contributed by atoms with Gasteiger partial charge in [-0.2, -0.15) is 0 Å². The first-order valence-corrected chi connectivity index (χ1v) is 8.85. The van der Waals surface area contributed by atoms with Crippen molar-refractivity contribution in [2.75, 3.05) is 13.1 Å². The Morgan fingerprint density at radius 2 is 2.11 bits per heavy atom. The fourth-order valence-corrected chi connectivity index (χ4v) is 3.24. The molecule has 0 N–H and O–H groups in total. The van der Waals surface area contributed by atoms with Crippen LogP contribution in [0, 0.1) is 0 Å². The van der Waals surface area contributed by atoms with E-state index in [0.29, 0.717) is 29.9 Å². The van der Waals surface area contributed by atoms with E-state index < -0.39 is 0 Å². The lowest BCUT2D eigenvalue weighted by molar-refractivity contribution is -0.134. The smallest absolute Gasteiger partial charge is 0.261 e. The number of ether oxygens (including phenoxy) is 1. The van der Waals surface area contributed by atoms with Crippen LogP contribution in [0.25, 0.3) is 10.9 Å². The van der Waals surface area contributed by atoms with E-state index in [1.807, 2.05) is 6.07 Å². The van der Waals surface area contributed by atoms with Crippen LogP contribution in [0.15, 0.2) is 54.0 Å². The van der Waals surface area contributed by atoms with Crippen LogP contribution in [0.5, 0.6) is 5.88 Å². The monoisotopic (exact) mass is 365 g/mol. The summed E-state index contributed by atoms with van der Waals surface area (Å²) >= 11 is 0. The molecule has 1 saturated heterocycles. The van der Waals surface area contributed by atoms with Crippen LogP contribution in [0.3, 0.4) is 0 Å². The molecule has 8 heteroatoms. The molecule has 1 aliphatic rings. The standard InChI is InChI=1S/C19H19N5O3/c25-18(12-24-13-22-16-6-2-1-5-15(16)19(24)26)23-9-3-4-14(11-23)27-17-10-20-7-8-21-17/h1-2,5-8,10,13-14H,3-4,9,11-12H2. The summed E-state index contributed by atoms with van der Waals surface area (Å²) in [5.74, 6) is 0.327.